The van der Waals surface area contributed by atoms with E-state index in [4.69, 9.17) is 9.52 Å². The van der Waals surface area contributed by atoms with E-state index in [0.717, 1.165) is 5.56 Å². The number of benzene rings is 2. The molecule has 0 amide bonds. The SMILES string of the molecule is COc1ccccc1S(=N)(=O)c1ccc(C)cc1. The van der Waals surface area contributed by atoms with Crippen LogP contribution in [0.25, 0.3) is 0 Å². The molecule has 2 aromatic carbocycles. The Kier molecular flexibility index (Phi) is 3.39. The average molecular weight is 261 g/mol. The maximum absolute atomic E-state index is 12.7. The fraction of sp³-hybridized carbons (Fsp3) is 0.143. The number of para-hydroxylation sites is 1. The van der Waals surface area contributed by atoms with Crippen LogP contribution in [0.4, 0.5) is 0 Å². The number of hydrogen-bond acceptors (Lipinski definition) is 3. The van der Waals surface area contributed by atoms with Gasteiger partial charge < -0.3 is 4.74 Å². The van der Waals surface area contributed by atoms with Crippen molar-refractivity contribution in [1.82, 2.24) is 0 Å². The van der Waals surface area contributed by atoms with E-state index in [2.05, 4.69) is 0 Å². The first kappa shape index (κ1) is 12.6. The summed E-state index contributed by atoms with van der Waals surface area (Å²) in [5.41, 5.74) is 1.08. The molecule has 0 saturated carbocycles. The lowest BCUT2D eigenvalue weighted by Crippen LogP contribution is -2.02. The van der Waals surface area contributed by atoms with Crippen LogP contribution in [0, 0.1) is 11.7 Å². The van der Waals surface area contributed by atoms with Crippen molar-refractivity contribution in [2.75, 3.05) is 7.11 Å². The molecule has 0 aliphatic rings. The Balaban J connectivity index is 2.58. The van der Waals surface area contributed by atoms with Crippen molar-refractivity contribution in [1.29, 1.82) is 4.78 Å². The van der Waals surface area contributed by atoms with Crippen molar-refractivity contribution >= 4 is 9.73 Å². The number of rotatable bonds is 3. The van der Waals surface area contributed by atoms with Crippen LogP contribution in [-0.4, -0.2) is 11.3 Å². The Morgan fingerprint density at radius 1 is 1.06 bits per heavy atom. The maximum atomic E-state index is 12.7. The van der Waals surface area contributed by atoms with Crippen LogP contribution in [0.5, 0.6) is 5.75 Å². The number of nitrogens with one attached hydrogen (secondary N) is 1. The Labute approximate surface area is 107 Å². The predicted octanol–water partition coefficient (Wildman–Crippen LogP) is 3.47. The van der Waals surface area contributed by atoms with Crippen LogP contribution in [-0.2, 0) is 9.73 Å². The summed E-state index contributed by atoms with van der Waals surface area (Å²) in [5.74, 6) is 0.484. The molecule has 0 bridgehead atoms. The molecule has 18 heavy (non-hydrogen) atoms. The highest BCUT2D eigenvalue weighted by molar-refractivity contribution is 7.92. The van der Waals surface area contributed by atoms with Crippen LogP contribution < -0.4 is 4.74 Å². The van der Waals surface area contributed by atoms with E-state index in [1.165, 1.54) is 7.11 Å². The second-order valence-electron chi connectivity index (χ2n) is 4.02. The minimum Gasteiger partial charge on any atom is -0.495 e. The lowest BCUT2D eigenvalue weighted by molar-refractivity contribution is 0.404. The van der Waals surface area contributed by atoms with Gasteiger partial charge in [0.1, 0.15) is 15.5 Å². The Hall–Kier alpha value is -1.81. The molecule has 0 aliphatic heterocycles. The Bertz CT molecular complexity index is 646. The molecule has 4 heteroatoms. The Morgan fingerprint density at radius 2 is 1.67 bits per heavy atom. The van der Waals surface area contributed by atoms with Gasteiger partial charge in [0.05, 0.1) is 16.9 Å². The van der Waals surface area contributed by atoms with Gasteiger partial charge in [-0.3, -0.25) is 0 Å². The third-order valence-corrected chi connectivity index (χ3v) is 4.62. The number of ether oxygens (including phenoxy) is 1. The zero-order chi connectivity index (χ0) is 13.2. The zero-order valence-corrected chi connectivity index (χ0v) is 11.2. The minimum atomic E-state index is -3.02. The van der Waals surface area contributed by atoms with Gasteiger partial charge in [0.25, 0.3) is 0 Å². The van der Waals surface area contributed by atoms with Gasteiger partial charge in [0, 0.05) is 0 Å². The summed E-state index contributed by atoms with van der Waals surface area (Å²) in [4.78, 5) is 0.911. The highest BCUT2D eigenvalue weighted by Crippen LogP contribution is 2.29. The molecule has 0 spiro atoms. The molecule has 0 saturated heterocycles. The summed E-state index contributed by atoms with van der Waals surface area (Å²) in [6, 6.07) is 14.1. The van der Waals surface area contributed by atoms with Crippen LogP contribution in [0.2, 0.25) is 0 Å². The molecule has 0 aromatic heterocycles. The van der Waals surface area contributed by atoms with Crippen molar-refractivity contribution in [3.8, 4) is 5.75 Å². The third kappa shape index (κ3) is 2.24. The average Bonchev–Trinajstić information content (AvgIpc) is 2.39. The zero-order valence-electron chi connectivity index (χ0n) is 10.3. The number of hydrogen-bond donors (Lipinski definition) is 1. The fourth-order valence-corrected chi connectivity index (χ4v) is 3.19. The summed E-state index contributed by atoms with van der Waals surface area (Å²) in [5, 5.41) is 0. The monoisotopic (exact) mass is 261 g/mol. The van der Waals surface area contributed by atoms with Gasteiger partial charge in [-0.05, 0) is 31.2 Å². The van der Waals surface area contributed by atoms with Crippen molar-refractivity contribution in [3.63, 3.8) is 0 Å². The van der Waals surface area contributed by atoms with Crippen molar-refractivity contribution in [2.24, 2.45) is 0 Å². The van der Waals surface area contributed by atoms with Crippen molar-refractivity contribution in [2.45, 2.75) is 16.7 Å². The smallest absolute Gasteiger partial charge is 0.136 e. The number of aryl methyl sites for hydroxylation is 1. The molecule has 94 valence electrons. The maximum Gasteiger partial charge on any atom is 0.136 e. The molecule has 1 unspecified atom stereocenters. The normalized spacial score (nSPS) is 13.9. The Morgan fingerprint density at radius 3 is 2.28 bits per heavy atom. The number of methoxy groups -OCH3 is 1. The predicted molar refractivity (Wildman–Crippen MR) is 71.6 cm³/mol. The molecule has 1 N–H and O–H groups in total. The van der Waals surface area contributed by atoms with Crippen molar-refractivity contribution < 1.29 is 8.95 Å². The molecule has 1 atom stereocenters. The molecular weight excluding hydrogens is 246 g/mol. The van der Waals surface area contributed by atoms with E-state index >= 15 is 0 Å². The largest absolute Gasteiger partial charge is 0.495 e. The molecule has 0 fully saturated rings. The van der Waals surface area contributed by atoms with Gasteiger partial charge in [-0.15, -0.1) is 0 Å². The summed E-state index contributed by atoms with van der Waals surface area (Å²) < 4.78 is 26.0. The van der Waals surface area contributed by atoms with Gasteiger partial charge in [0.2, 0.25) is 0 Å². The lowest BCUT2D eigenvalue weighted by atomic mass is 10.2. The summed E-state index contributed by atoms with van der Waals surface area (Å²) >= 11 is 0. The van der Waals surface area contributed by atoms with E-state index in [1.54, 1.807) is 36.4 Å². The second kappa shape index (κ2) is 4.82. The van der Waals surface area contributed by atoms with E-state index in [0.29, 0.717) is 15.5 Å². The van der Waals surface area contributed by atoms with Gasteiger partial charge in [-0.2, -0.15) is 0 Å². The van der Waals surface area contributed by atoms with Crippen LogP contribution in [0.3, 0.4) is 0 Å². The van der Waals surface area contributed by atoms with Gasteiger partial charge in [-0.1, -0.05) is 29.8 Å². The van der Waals surface area contributed by atoms with Gasteiger partial charge >= 0.3 is 0 Å². The fourth-order valence-electron chi connectivity index (χ4n) is 1.71. The van der Waals surface area contributed by atoms with Gasteiger partial charge in [-0.25, -0.2) is 8.99 Å². The van der Waals surface area contributed by atoms with Crippen LogP contribution in [0.1, 0.15) is 5.56 Å². The molecule has 2 aromatic rings. The van der Waals surface area contributed by atoms with E-state index in [1.807, 2.05) is 19.1 Å². The van der Waals surface area contributed by atoms with Gasteiger partial charge in [0.15, 0.2) is 0 Å². The molecule has 3 nitrogen and oxygen atoms in total. The highest BCUT2D eigenvalue weighted by atomic mass is 32.2. The van der Waals surface area contributed by atoms with Crippen molar-refractivity contribution in [3.05, 3.63) is 54.1 Å². The van der Waals surface area contributed by atoms with E-state index < -0.39 is 9.73 Å². The molecular formula is C14H15NO2S. The summed E-state index contributed by atoms with van der Waals surface area (Å²) in [6.07, 6.45) is 0. The molecule has 2 rings (SSSR count). The van der Waals surface area contributed by atoms with Crippen LogP contribution in [0.15, 0.2) is 58.3 Å². The van der Waals surface area contributed by atoms with Crippen LogP contribution >= 0.6 is 0 Å². The third-order valence-electron chi connectivity index (χ3n) is 2.73. The first-order valence-corrected chi connectivity index (χ1v) is 7.10. The standard InChI is InChI=1S/C14H15NO2S/c1-11-7-9-12(10-8-11)18(15,16)14-6-4-3-5-13(14)17-2/h3-10,15H,1-2H3. The van der Waals surface area contributed by atoms with E-state index in [-0.39, 0.29) is 0 Å². The summed E-state index contributed by atoms with van der Waals surface area (Å²) in [7, 11) is -1.51. The molecule has 0 aliphatic carbocycles. The summed E-state index contributed by atoms with van der Waals surface area (Å²) in [6.45, 7) is 1.96. The molecule has 0 heterocycles. The first-order valence-electron chi connectivity index (χ1n) is 5.54. The molecule has 0 radical (unpaired) electrons. The second-order valence-corrected chi connectivity index (χ2v) is 6.04. The topological polar surface area (TPSA) is 50.1 Å². The lowest BCUT2D eigenvalue weighted by Gasteiger charge is -2.12. The quantitative estimate of drug-likeness (QED) is 0.919. The highest BCUT2D eigenvalue weighted by Gasteiger charge is 2.17. The first-order chi connectivity index (χ1) is 8.55. The van der Waals surface area contributed by atoms with E-state index in [9.17, 15) is 4.21 Å². The minimum absolute atomic E-state index is 0.413.